The molecule has 23 heavy (non-hydrogen) atoms. The fourth-order valence-electron chi connectivity index (χ4n) is 3.78. The van der Waals surface area contributed by atoms with Crippen LogP contribution in [0.1, 0.15) is 69.6 Å². The molecule has 1 heteroatoms. The Morgan fingerprint density at radius 2 is 1.91 bits per heavy atom. The number of aryl methyl sites for hydroxylation is 1. The molecule has 2 aromatic carbocycles. The van der Waals surface area contributed by atoms with Crippen molar-refractivity contribution in [2.45, 2.75) is 64.9 Å². The van der Waals surface area contributed by atoms with E-state index >= 15 is 0 Å². The summed E-state index contributed by atoms with van der Waals surface area (Å²) >= 11 is 0. The zero-order valence-electron chi connectivity index (χ0n) is 14.7. The highest BCUT2D eigenvalue weighted by Crippen LogP contribution is 2.35. The number of unbranched alkanes of at least 4 members (excludes halogenated alkanes) is 1. The molecular formula is C22H30O. The minimum Gasteiger partial charge on any atom is -0.373 e. The van der Waals surface area contributed by atoms with Crippen LogP contribution in [-0.4, -0.2) is 6.61 Å². The Hall–Kier alpha value is -1.34. The van der Waals surface area contributed by atoms with Gasteiger partial charge in [0.1, 0.15) is 0 Å². The SMILES string of the molecule is CCCCC(CC)COC1CCCc2cc3ccccc3cc21. The molecule has 1 nitrogen and oxygen atoms in total. The van der Waals surface area contributed by atoms with Gasteiger partial charge in [0.15, 0.2) is 0 Å². The van der Waals surface area contributed by atoms with E-state index in [1.165, 1.54) is 66.8 Å². The lowest BCUT2D eigenvalue weighted by Crippen LogP contribution is -2.17. The summed E-state index contributed by atoms with van der Waals surface area (Å²) in [5.74, 6) is 0.723. The molecule has 0 radical (unpaired) electrons. The van der Waals surface area contributed by atoms with Crippen molar-refractivity contribution in [2.24, 2.45) is 5.92 Å². The summed E-state index contributed by atoms with van der Waals surface area (Å²) in [6.07, 6.45) is 9.09. The van der Waals surface area contributed by atoms with Gasteiger partial charge in [-0.1, -0.05) is 63.4 Å². The number of hydrogen-bond acceptors (Lipinski definition) is 1. The molecule has 0 heterocycles. The molecular weight excluding hydrogens is 280 g/mol. The van der Waals surface area contributed by atoms with Crippen LogP contribution >= 0.6 is 0 Å². The van der Waals surface area contributed by atoms with Gasteiger partial charge in [0.05, 0.1) is 12.7 Å². The topological polar surface area (TPSA) is 9.23 Å². The highest BCUT2D eigenvalue weighted by molar-refractivity contribution is 5.84. The minimum absolute atomic E-state index is 0.305. The Balaban J connectivity index is 1.74. The highest BCUT2D eigenvalue weighted by atomic mass is 16.5. The molecule has 2 unspecified atom stereocenters. The van der Waals surface area contributed by atoms with Crippen LogP contribution < -0.4 is 0 Å². The molecule has 0 saturated carbocycles. The van der Waals surface area contributed by atoms with Crippen molar-refractivity contribution < 1.29 is 4.74 Å². The maximum atomic E-state index is 6.41. The molecule has 0 amide bonds. The van der Waals surface area contributed by atoms with Gasteiger partial charge in [0, 0.05) is 0 Å². The minimum atomic E-state index is 0.305. The predicted molar refractivity (Wildman–Crippen MR) is 98.9 cm³/mol. The summed E-state index contributed by atoms with van der Waals surface area (Å²) in [5.41, 5.74) is 2.95. The first kappa shape index (κ1) is 16.5. The van der Waals surface area contributed by atoms with E-state index in [0.29, 0.717) is 6.10 Å². The van der Waals surface area contributed by atoms with Gasteiger partial charge in [-0.05, 0) is 59.6 Å². The Kier molecular flexibility index (Phi) is 5.72. The summed E-state index contributed by atoms with van der Waals surface area (Å²) in [7, 11) is 0. The van der Waals surface area contributed by atoms with Crippen LogP contribution in [0.15, 0.2) is 36.4 Å². The molecule has 0 spiro atoms. The third-order valence-electron chi connectivity index (χ3n) is 5.34. The molecule has 0 saturated heterocycles. The first-order valence-corrected chi connectivity index (χ1v) is 9.45. The van der Waals surface area contributed by atoms with E-state index in [9.17, 15) is 0 Å². The van der Waals surface area contributed by atoms with E-state index in [4.69, 9.17) is 4.74 Å². The van der Waals surface area contributed by atoms with E-state index in [0.717, 1.165) is 12.5 Å². The Bertz CT molecular complexity index is 631. The second-order valence-corrected chi connectivity index (χ2v) is 7.03. The van der Waals surface area contributed by atoms with Crippen molar-refractivity contribution in [2.75, 3.05) is 6.61 Å². The third kappa shape index (κ3) is 3.95. The zero-order valence-corrected chi connectivity index (χ0v) is 14.7. The van der Waals surface area contributed by atoms with Crippen LogP contribution in [0.2, 0.25) is 0 Å². The second-order valence-electron chi connectivity index (χ2n) is 7.03. The van der Waals surface area contributed by atoms with Crippen molar-refractivity contribution in [3.63, 3.8) is 0 Å². The monoisotopic (exact) mass is 310 g/mol. The number of benzene rings is 2. The van der Waals surface area contributed by atoms with Gasteiger partial charge in [-0.3, -0.25) is 0 Å². The smallest absolute Gasteiger partial charge is 0.0828 e. The summed E-state index contributed by atoms with van der Waals surface area (Å²) in [6.45, 7) is 5.50. The maximum absolute atomic E-state index is 6.41. The van der Waals surface area contributed by atoms with E-state index in [1.807, 2.05) is 0 Å². The summed E-state index contributed by atoms with van der Waals surface area (Å²) in [5, 5.41) is 2.71. The summed E-state index contributed by atoms with van der Waals surface area (Å²) in [4.78, 5) is 0. The van der Waals surface area contributed by atoms with Crippen LogP contribution in [-0.2, 0) is 11.2 Å². The number of hydrogen-bond donors (Lipinski definition) is 0. The zero-order chi connectivity index (χ0) is 16.1. The van der Waals surface area contributed by atoms with Gasteiger partial charge in [0.2, 0.25) is 0 Å². The number of rotatable bonds is 7. The Morgan fingerprint density at radius 1 is 1.13 bits per heavy atom. The fraction of sp³-hybridized carbons (Fsp3) is 0.545. The molecule has 3 rings (SSSR count). The van der Waals surface area contributed by atoms with E-state index in [-0.39, 0.29) is 0 Å². The molecule has 0 fully saturated rings. The molecule has 1 aliphatic carbocycles. The number of ether oxygens (including phenoxy) is 1. The Morgan fingerprint density at radius 3 is 2.65 bits per heavy atom. The predicted octanol–water partition coefficient (Wildman–Crippen LogP) is 6.45. The second kappa shape index (κ2) is 7.97. The van der Waals surface area contributed by atoms with Crippen molar-refractivity contribution >= 4 is 10.8 Å². The lowest BCUT2D eigenvalue weighted by Gasteiger charge is -2.28. The van der Waals surface area contributed by atoms with Gasteiger partial charge in [0.25, 0.3) is 0 Å². The van der Waals surface area contributed by atoms with Gasteiger partial charge in [-0.15, -0.1) is 0 Å². The van der Waals surface area contributed by atoms with E-state index in [1.54, 1.807) is 0 Å². The summed E-state index contributed by atoms with van der Waals surface area (Å²) < 4.78 is 6.41. The molecule has 0 N–H and O–H groups in total. The van der Waals surface area contributed by atoms with Crippen molar-refractivity contribution in [3.05, 3.63) is 47.5 Å². The lowest BCUT2D eigenvalue weighted by atomic mass is 9.87. The van der Waals surface area contributed by atoms with Crippen LogP contribution in [0.25, 0.3) is 10.8 Å². The molecule has 1 aliphatic rings. The van der Waals surface area contributed by atoms with Crippen molar-refractivity contribution in [1.29, 1.82) is 0 Å². The average Bonchev–Trinajstić information content (AvgIpc) is 2.60. The third-order valence-corrected chi connectivity index (χ3v) is 5.34. The molecule has 2 atom stereocenters. The number of fused-ring (bicyclic) bond motifs is 2. The van der Waals surface area contributed by atoms with Gasteiger partial charge < -0.3 is 4.74 Å². The molecule has 124 valence electrons. The molecule has 0 aliphatic heterocycles. The molecule has 0 bridgehead atoms. The van der Waals surface area contributed by atoms with Crippen molar-refractivity contribution in [1.82, 2.24) is 0 Å². The van der Waals surface area contributed by atoms with Crippen molar-refractivity contribution in [3.8, 4) is 0 Å². The standard InChI is InChI=1S/C22H30O/c1-3-5-9-17(4-2)16-23-22-13-8-12-20-14-18-10-6-7-11-19(18)15-21(20)22/h6-7,10-11,14-15,17,22H,3-5,8-9,12-13,16H2,1-2H3. The summed E-state index contributed by atoms with van der Waals surface area (Å²) in [6, 6.07) is 13.5. The van der Waals surface area contributed by atoms with E-state index in [2.05, 4.69) is 50.2 Å². The quantitative estimate of drug-likeness (QED) is 0.571. The van der Waals surface area contributed by atoms with Crippen LogP contribution in [0.5, 0.6) is 0 Å². The van der Waals surface area contributed by atoms with Gasteiger partial charge >= 0.3 is 0 Å². The average molecular weight is 310 g/mol. The largest absolute Gasteiger partial charge is 0.373 e. The highest BCUT2D eigenvalue weighted by Gasteiger charge is 2.22. The first-order valence-electron chi connectivity index (χ1n) is 9.45. The first-order chi connectivity index (χ1) is 11.3. The molecule has 2 aromatic rings. The van der Waals surface area contributed by atoms with Crippen LogP contribution in [0, 0.1) is 5.92 Å². The van der Waals surface area contributed by atoms with Gasteiger partial charge in [-0.25, -0.2) is 0 Å². The maximum Gasteiger partial charge on any atom is 0.0828 e. The normalized spacial score (nSPS) is 18.8. The van der Waals surface area contributed by atoms with E-state index < -0.39 is 0 Å². The van der Waals surface area contributed by atoms with Gasteiger partial charge in [-0.2, -0.15) is 0 Å². The Labute approximate surface area is 141 Å². The lowest BCUT2D eigenvalue weighted by molar-refractivity contribution is 0.0149. The van der Waals surface area contributed by atoms with Crippen LogP contribution in [0.4, 0.5) is 0 Å². The fourth-order valence-corrected chi connectivity index (χ4v) is 3.78. The van der Waals surface area contributed by atoms with Crippen LogP contribution in [0.3, 0.4) is 0 Å². The molecule has 0 aromatic heterocycles.